The smallest absolute Gasteiger partial charge is 0.304 e. The highest BCUT2D eigenvalue weighted by atomic mass is 16.4. The highest BCUT2D eigenvalue weighted by Gasteiger charge is 2.43. The summed E-state index contributed by atoms with van der Waals surface area (Å²) in [5, 5.41) is 9.00. The Labute approximate surface area is 212 Å². The van der Waals surface area contributed by atoms with Crippen molar-refractivity contribution in [2.45, 2.75) is 77.0 Å². The number of aliphatic carboxylic acids is 1. The number of carboxylic acid groups (broad SMARTS) is 1. The van der Waals surface area contributed by atoms with E-state index in [2.05, 4.69) is 65.7 Å². The lowest BCUT2D eigenvalue weighted by Gasteiger charge is -2.56. The Morgan fingerprint density at radius 3 is 2.09 bits per heavy atom. The number of hydrogen-bond acceptors (Lipinski definition) is 7. The van der Waals surface area contributed by atoms with Crippen LogP contribution in [0.1, 0.15) is 53.9 Å². The third kappa shape index (κ3) is 7.83. The summed E-state index contributed by atoms with van der Waals surface area (Å²) in [6.07, 6.45) is 3.36. The largest absolute Gasteiger partial charge is 0.481 e. The van der Waals surface area contributed by atoms with Gasteiger partial charge in [0.1, 0.15) is 0 Å². The van der Waals surface area contributed by atoms with Crippen LogP contribution < -0.4 is 0 Å². The zero-order valence-electron chi connectivity index (χ0n) is 22.8. The van der Waals surface area contributed by atoms with Crippen LogP contribution in [-0.2, 0) is 9.59 Å². The number of allylic oxidation sites excluding steroid dienone is 1. The van der Waals surface area contributed by atoms with Crippen LogP contribution in [0.15, 0.2) is 12.7 Å². The molecule has 1 N–H and O–H groups in total. The molecule has 0 radical (unpaired) electrons. The fraction of sp³-hybridized carbons (Fsp3) is 0.852. The molecule has 3 aliphatic rings. The van der Waals surface area contributed by atoms with Crippen molar-refractivity contribution in [2.24, 2.45) is 0 Å². The Kier molecular flexibility index (Phi) is 9.54. The number of piperazine rings is 3. The summed E-state index contributed by atoms with van der Waals surface area (Å²) in [5.74, 6) is -0.578. The Hall–Kier alpha value is -1.32. The van der Waals surface area contributed by atoms with E-state index in [-0.39, 0.29) is 23.3 Å². The summed E-state index contributed by atoms with van der Waals surface area (Å²) < 4.78 is 0. The maximum atomic E-state index is 11.8. The molecule has 3 saturated heterocycles. The molecule has 200 valence electrons. The fourth-order valence-electron chi connectivity index (χ4n) is 6.10. The average molecular weight is 492 g/mol. The first-order chi connectivity index (χ1) is 16.4. The molecule has 0 aliphatic carbocycles. The molecule has 0 spiro atoms. The van der Waals surface area contributed by atoms with Crippen molar-refractivity contribution in [2.75, 3.05) is 72.0 Å². The summed E-state index contributed by atoms with van der Waals surface area (Å²) in [5.41, 5.74) is 0.216. The van der Waals surface area contributed by atoms with Crippen LogP contribution in [-0.4, -0.2) is 137 Å². The van der Waals surface area contributed by atoms with E-state index in [0.29, 0.717) is 25.0 Å². The van der Waals surface area contributed by atoms with Crippen LogP contribution in [0.3, 0.4) is 0 Å². The van der Waals surface area contributed by atoms with Crippen LogP contribution in [0.25, 0.3) is 0 Å². The van der Waals surface area contributed by atoms with Crippen molar-refractivity contribution in [3.05, 3.63) is 12.7 Å². The molecule has 0 aromatic rings. The zero-order valence-corrected chi connectivity index (χ0v) is 22.8. The second-order valence-electron chi connectivity index (χ2n) is 12.3. The molecule has 0 aromatic heterocycles. The van der Waals surface area contributed by atoms with Crippen molar-refractivity contribution in [3.63, 3.8) is 0 Å². The second kappa shape index (κ2) is 11.8. The van der Waals surface area contributed by atoms with E-state index in [1.165, 1.54) is 6.08 Å². The molecule has 8 nitrogen and oxygen atoms in total. The predicted octanol–water partition coefficient (Wildman–Crippen LogP) is 1.86. The molecular weight excluding hydrogens is 442 g/mol. The quantitative estimate of drug-likeness (QED) is 0.465. The lowest BCUT2D eigenvalue weighted by atomic mass is 9.87. The Morgan fingerprint density at radius 2 is 1.49 bits per heavy atom. The van der Waals surface area contributed by atoms with Gasteiger partial charge in [-0.3, -0.25) is 24.3 Å². The van der Waals surface area contributed by atoms with Crippen LogP contribution in [0.2, 0.25) is 0 Å². The molecule has 35 heavy (non-hydrogen) atoms. The van der Waals surface area contributed by atoms with E-state index in [4.69, 9.17) is 5.11 Å². The molecule has 3 aliphatic heterocycles. The summed E-state index contributed by atoms with van der Waals surface area (Å²) in [6, 6.07) is 0.995. The van der Waals surface area contributed by atoms with E-state index in [1.807, 2.05) is 0 Å². The van der Waals surface area contributed by atoms with Gasteiger partial charge >= 0.3 is 5.97 Å². The number of ketones is 1. The Bertz CT molecular complexity index is 742. The molecule has 2 atom stereocenters. The van der Waals surface area contributed by atoms with Gasteiger partial charge in [0.2, 0.25) is 0 Å². The molecule has 3 rings (SSSR count). The standard InChI is InChI=1S/C27H49N5O3/c1-7-24(33)8-10-29-14-17-32-22(20-31(26(2,3)4)21-23(32)19-29)18-27(5,6)30-15-12-28(13-16-30)11-9-25(34)35/h7,22-23H,1,8-21H2,2-6H3,(H,34,35). The van der Waals surface area contributed by atoms with Gasteiger partial charge in [-0.2, -0.15) is 0 Å². The number of rotatable bonds is 10. The first-order valence-corrected chi connectivity index (χ1v) is 13.5. The molecule has 0 amide bonds. The zero-order chi connectivity index (χ0) is 25.8. The summed E-state index contributed by atoms with van der Waals surface area (Å²) in [7, 11) is 0. The van der Waals surface area contributed by atoms with Gasteiger partial charge in [-0.25, -0.2) is 0 Å². The van der Waals surface area contributed by atoms with Crippen molar-refractivity contribution < 1.29 is 14.7 Å². The fourth-order valence-corrected chi connectivity index (χ4v) is 6.10. The number of carboxylic acids is 1. The molecule has 8 heteroatoms. The van der Waals surface area contributed by atoms with Crippen LogP contribution in [0, 0.1) is 0 Å². The lowest BCUT2D eigenvalue weighted by molar-refractivity contribution is -0.137. The maximum absolute atomic E-state index is 11.8. The minimum atomic E-state index is -0.713. The third-order valence-corrected chi connectivity index (χ3v) is 8.40. The van der Waals surface area contributed by atoms with Gasteiger partial charge in [-0.1, -0.05) is 6.58 Å². The molecule has 0 aromatic carbocycles. The van der Waals surface area contributed by atoms with Crippen LogP contribution >= 0.6 is 0 Å². The van der Waals surface area contributed by atoms with Gasteiger partial charge in [-0.15, -0.1) is 0 Å². The molecule has 3 heterocycles. The predicted molar refractivity (Wildman–Crippen MR) is 141 cm³/mol. The topological polar surface area (TPSA) is 70.6 Å². The first kappa shape index (κ1) is 28.3. The number of nitrogens with zero attached hydrogens (tertiary/aromatic N) is 5. The van der Waals surface area contributed by atoms with Crippen molar-refractivity contribution in [3.8, 4) is 0 Å². The third-order valence-electron chi connectivity index (χ3n) is 8.40. The van der Waals surface area contributed by atoms with Gasteiger partial charge in [-0.05, 0) is 47.1 Å². The van der Waals surface area contributed by atoms with E-state index in [1.54, 1.807) is 0 Å². The Balaban J connectivity index is 1.63. The lowest BCUT2D eigenvalue weighted by Crippen LogP contribution is -2.69. The van der Waals surface area contributed by atoms with Crippen LogP contribution in [0.4, 0.5) is 0 Å². The number of carbonyl (C=O) groups is 2. The number of fused-ring (bicyclic) bond motifs is 1. The second-order valence-corrected chi connectivity index (χ2v) is 12.3. The molecule has 0 saturated carbocycles. The minimum Gasteiger partial charge on any atom is -0.481 e. The van der Waals surface area contributed by atoms with Crippen molar-refractivity contribution >= 4 is 11.8 Å². The number of hydrogen-bond donors (Lipinski definition) is 1. The molecular formula is C27H49N5O3. The van der Waals surface area contributed by atoms with E-state index in [0.717, 1.165) is 71.9 Å². The van der Waals surface area contributed by atoms with Crippen LogP contribution in [0.5, 0.6) is 0 Å². The van der Waals surface area contributed by atoms with E-state index in [9.17, 15) is 9.59 Å². The molecule has 3 fully saturated rings. The van der Waals surface area contributed by atoms with Gasteiger partial charge < -0.3 is 14.9 Å². The van der Waals surface area contributed by atoms with E-state index < -0.39 is 5.97 Å². The van der Waals surface area contributed by atoms with Gasteiger partial charge in [0.25, 0.3) is 0 Å². The van der Waals surface area contributed by atoms with E-state index >= 15 is 0 Å². The van der Waals surface area contributed by atoms with Gasteiger partial charge in [0.15, 0.2) is 5.78 Å². The maximum Gasteiger partial charge on any atom is 0.304 e. The summed E-state index contributed by atoms with van der Waals surface area (Å²) in [6.45, 7) is 26.0. The number of carbonyl (C=O) groups excluding carboxylic acids is 1. The SMILES string of the molecule is C=CC(=O)CCN1CCN2C(C1)CN(C(C)(C)C)CC2CC(C)(C)N1CCN(CCC(=O)O)CC1. The van der Waals surface area contributed by atoms with Crippen molar-refractivity contribution in [1.29, 1.82) is 0 Å². The highest BCUT2D eigenvalue weighted by molar-refractivity contribution is 5.89. The summed E-state index contributed by atoms with van der Waals surface area (Å²) in [4.78, 5) is 35.5. The minimum absolute atomic E-state index is 0.0858. The normalized spacial score (nSPS) is 26.4. The highest BCUT2D eigenvalue weighted by Crippen LogP contribution is 2.32. The molecule has 2 unspecified atom stereocenters. The van der Waals surface area contributed by atoms with Gasteiger partial charge in [0.05, 0.1) is 6.42 Å². The average Bonchev–Trinajstić information content (AvgIpc) is 2.80. The monoisotopic (exact) mass is 491 g/mol. The van der Waals surface area contributed by atoms with Gasteiger partial charge in [0, 0.05) is 102 Å². The molecule has 0 bridgehead atoms. The summed E-state index contributed by atoms with van der Waals surface area (Å²) >= 11 is 0. The van der Waals surface area contributed by atoms with Crippen molar-refractivity contribution in [1.82, 2.24) is 24.5 Å². The first-order valence-electron chi connectivity index (χ1n) is 13.5. The Morgan fingerprint density at radius 1 is 0.857 bits per heavy atom.